The van der Waals surface area contributed by atoms with E-state index in [1.807, 2.05) is 24.3 Å². The zero-order valence-corrected chi connectivity index (χ0v) is 18.3. The Morgan fingerprint density at radius 1 is 1.19 bits per heavy atom. The maximum Gasteiger partial charge on any atom is 0.340 e. The highest BCUT2D eigenvalue weighted by Gasteiger charge is 2.25. The summed E-state index contributed by atoms with van der Waals surface area (Å²) in [6, 6.07) is 16.5. The van der Waals surface area contributed by atoms with Crippen molar-refractivity contribution >= 4 is 29.5 Å². The van der Waals surface area contributed by atoms with Crippen LogP contribution in [0.25, 0.3) is 17.5 Å². The van der Waals surface area contributed by atoms with Crippen LogP contribution in [0.2, 0.25) is 0 Å². The number of fused-ring (bicyclic) bond motifs is 1. The number of esters is 1. The molecule has 0 aliphatic carbocycles. The molecule has 9 heteroatoms. The molecule has 0 unspecified atom stereocenters. The molecule has 0 fully saturated rings. The predicted molar refractivity (Wildman–Crippen MR) is 121 cm³/mol. The molecule has 4 rings (SSSR count). The number of ether oxygens (including phenoxy) is 2. The first kappa shape index (κ1) is 21.3. The number of rotatable bonds is 6. The molecule has 0 saturated heterocycles. The van der Waals surface area contributed by atoms with Crippen molar-refractivity contribution in [2.24, 2.45) is 5.10 Å². The Morgan fingerprint density at radius 3 is 2.59 bits per heavy atom. The Hall–Kier alpha value is -3.90. The standard InChI is InChI=1S/C23H19N5O3S/c1-3-31-22(29)19(12-15-4-6-16(13-24)7-5-15)20-14-32-23-26-25-21(28(23)27-20)17-8-10-18(30-2)11-9-17/h4-12H,3,14H2,1-2H3/b19-12-. The number of nitriles is 1. The quantitative estimate of drug-likeness (QED) is 0.420. The fourth-order valence-corrected chi connectivity index (χ4v) is 3.90. The van der Waals surface area contributed by atoms with Gasteiger partial charge in [-0.2, -0.15) is 15.0 Å². The molecular formula is C23H19N5O3S. The Bertz CT molecular complexity index is 1240. The van der Waals surface area contributed by atoms with Crippen molar-refractivity contribution in [3.8, 4) is 23.2 Å². The molecule has 1 aliphatic heterocycles. The van der Waals surface area contributed by atoms with Crippen LogP contribution in [0.3, 0.4) is 0 Å². The van der Waals surface area contributed by atoms with E-state index in [9.17, 15) is 4.79 Å². The van der Waals surface area contributed by atoms with E-state index in [0.717, 1.165) is 16.9 Å². The third-order valence-electron chi connectivity index (χ3n) is 4.68. The number of thioether (sulfide) groups is 1. The van der Waals surface area contributed by atoms with Gasteiger partial charge in [-0.3, -0.25) is 0 Å². The van der Waals surface area contributed by atoms with Gasteiger partial charge in [0.05, 0.1) is 36.6 Å². The minimum absolute atomic E-state index is 0.249. The van der Waals surface area contributed by atoms with Crippen molar-refractivity contribution in [1.29, 1.82) is 5.26 Å². The molecule has 2 aromatic carbocycles. The maximum absolute atomic E-state index is 12.8. The molecule has 160 valence electrons. The molecule has 0 radical (unpaired) electrons. The topological polar surface area (TPSA) is 102 Å². The van der Waals surface area contributed by atoms with Crippen molar-refractivity contribution in [1.82, 2.24) is 14.9 Å². The summed E-state index contributed by atoms with van der Waals surface area (Å²) in [4.78, 5) is 12.8. The summed E-state index contributed by atoms with van der Waals surface area (Å²) < 4.78 is 12.1. The first-order chi connectivity index (χ1) is 15.6. The van der Waals surface area contributed by atoms with Crippen molar-refractivity contribution in [3.63, 3.8) is 0 Å². The van der Waals surface area contributed by atoms with Crippen LogP contribution in [0.5, 0.6) is 5.75 Å². The number of carbonyl (C=O) groups excluding carboxylic acids is 1. The summed E-state index contributed by atoms with van der Waals surface area (Å²) in [5, 5.41) is 22.8. The lowest BCUT2D eigenvalue weighted by Gasteiger charge is -2.16. The number of hydrogen-bond donors (Lipinski definition) is 0. The largest absolute Gasteiger partial charge is 0.497 e. The fourth-order valence-electron chi connectivity index (χ4n) is 3.07. The molecule has 0 amide bonds. The lowest BCUT2D eigenvalue weighted by Crippen LogP contribution is -2.21. The van der Waals surface area contributed by atoms with E-state index in [4.69, 9.17) is 19.8 Å². The van der Waals surface area contributed by atoms with E-state index in [2.05, 4.69) is 16.3 Å². The summed E-state index contributed by atoms with van der Waals surface area (Å²) in [5.41, 5.74) is 3.04. The van der Waals surface area contributed by atoms with Gasteiger partial charge in [0.25, 0.3) is 0 Å². The van der Waals surface area contributed by atoms with Crippen LogP contribution in [-0.2, 0) is 9.53 Å². The number of benzene rings is 2. The Kier molecular flexibility index (Phi) is 6.33. The fraction of sp³-hybridized carbons (Fsp3) is 0.174. The Labute approximate surface area is 189 Å². The van der Waals surface area contributed by atoms with E-state index in [-0.39, 0.29) is 6.61 Å². The van der Waals surface area contributed by atoms with Gasteiger partial charge < -0.3 is 9.47 Å². The van der Waals surface area contributed by atoms with Crippen LogP contribution in [-0.4, -0.2) is 46.0 Å². The highest BCUT2D eigenvalue weighted by molar-refractivity contribution is 7.99. The third kappa shape index (κ3) is 4.40. The second-order valence-corrected chi connectivity index (χ2v) is 7.64. The first-order valence-electron chi connectivity index (χ1n) is 9.82. The van der Waals surface area contributed by atoms with Gasteiger partial charge in [-0.15, -0.1) is 10.2 Å². The van der Waals surface area contributed by atoms with Crippen molar-refractivity contribution < 1.29 is 14.3 Å². The van der Waals surface area contributed by atoms with Crippen molar-refractivity contribution in [3.05, 3.63) is 65.2 Å². The molecule has 1 aromatic heterocycles. The average molecular weight is 446 g/mol. The number of methoxy groups -OCH3 is 1. The zero-order chi connectivity index (χ0) is 22.5. The Morgan fingerprint density at radius 2 is 1.94 bits per heavy atom. The summed E-state index contributed by atoms with van der Waals surface area (Å²) in [5.74, 6) is 1.29. The maximum atomic E-state index is 12.8. The molecule has 0 bridgehead atoms. The molecular weight excluding hydrogens is 426 g/mol. The molecule has 0 spiro atoms. The van der Waals surface area contributed by atoms with Gasteiger partial charge in [0.1, 0.15) is 5.75 Å². The van der Waals surface area contributed by atoms with Crippen LogP contribution < -0.4 is 4.74 Å². The highest BCUT2D eigenvalue weighted by Crippen LogP contribution is 2.30. The lowest BCUT2D eigenvalue weighted by molar-refractivity contribution is -0.137. The van der Waals surface area contributed by atoms with Crippen LogP contribution in [0.1, 0.15) is 18.1 Å². The molecule has 1 aliphatic rings. The van der Waals surface area contributed by atoms with Gasteiger partial charge in [0.2, 0.25) is 5.16 Å². The van der Waals surface area contributed by atoms with Gasteiger partial charge in [0.15, 0.2) is 5.82 Å². The van der Waals surface area contributed by atoms with Crippen LogP contribution in [0.15, 0.2) is 64.4 Å². The van der Waals surface area contributed by atoms with Gasteiger partial charge in [-0.05, 0) is 55.0 Å². The second-order valence-electron chi connectivity index (χ2n) is 6.69. The van der Waals surface area contributed by atoms with Crippen molar-refractivity contribution in [2.75, 3.05) is 19.5 Å². The highest BCUT2D eigenvalue weighted by atomic mass is 32.2. The molecule has 0 N–H and O–H groups in total. The predicted octanol–water partition coefficient (Wildman–Crippen LogP) is 3.78. The minimum Gasteiger partial charge on any atom is -0.497 e. The van der Waals surface area contributed by atoms with Crippen LogP contribution >= 0.6 is 11.8 Å². The first-order valence-corrected chi connectivity index (χ1v) is 10.8. The van der Waals surface area contributed by atoms with Crippen molar-refractivity contribution in [2.45, 2.75) is 12.1 Å². The number of hydrogen-bond acceptors (Lipinski definition) is 8. The summed E-state index contributed by atoms with van der Waals surface area (Å²) in [6.45, 7) is 2.01. The smallest absolute Gasteiger partial charge is 0.340 e. The molecule has 2 heterocycles. The number of carbonyl (C=O) groups is 1. The average Bonchev–Trinajstić information content (AvgIpc) is 3.26. The molecule has 0 atom stereocenters. The second kappa shape index (κ2) is 9.49. The zero-order valence-electron chi connectivity index (χ0n) is 17.5. The van der Waals surface area contributed by atoms with Gasteiger partial charge >= 0.3 is 5.97 Å². The molecule has 8 nitrogen and oxygen atoms in total. The van der Waals surface area contributed by atoms with E-state index >= 15 is 0 Å². The Balaban J connectivity index is 1.75. The molecule has 3 aromatic rings. The van der Waals surface area contributed by atoms with Gasteiger partial charge in [-0.1, -0.05) is 23.9 Å². The van der Waals surface area contributed by atoms with Gasteiger partial charge in [-0.25, -0.2) is 4.79 Å². The monoisotopic (exact) mass is 445 g/mol. The van der Waals surface area contributed by atoms with E-state index in [0.29, 0.717) is 33.6 Å². The van der Waals surface area contributed by atoms with Gasteiger partial charge in [0, 0.05) is 11.3 Å². The van der Waals surface area contributed by atoms with Crippen LogP contribution in [0.4, 0.5) is 0 Å². The SMILES string of the molecule is CCOC(=O)/C(=C\c1ccc(C#N)cc1)C1=Nn2c(nnc2-c2ccc(OC)cc2)SC1. The van der Waals surface area contributed by atoms with E-state index in [1.54, 1.807) is 49.1 Å². The molecule has 32 heavy (non-hydrogen) atoms. The van der Waals surface area contributed by atoms with E-state index in [1.165, 1.54) is 11.8 Å². The lowest BCUT2D eigenvalue weighted by atomic mass is 10.1. The summed E-state index contributed by atoms with van der Waals surface area (Å²) in [6.07, 6.45) is 1.72. The van der Waals surface area contributed by atoms with Crippen LogP contribution in [0, 0.1) is 11.3 Å². The van der Waals surface area contributed by atoms with E-state index < -0.39 is 5.97 Å². The molecule has 0 saturated carbocycles. The summed E-state index contributed by atoms with van der Waals surface area (Å²) >= 11 is 1.44. The normalized spacial score (nSPS) is 13.0. The third-order valence-corrected chi connectivity index (χ3v) is 5.61. The number of nitrogens with zero attached hydrogens (tertiary/aromatic N) is 5. The number of aromatic nitrogens is 3. The summed E-state index contributed by atoms with van der Waals surface area (Å²) in [7, 11) is 1.61. The minimum atomic E-state index is -0.460.